The summed E-state index contributed by atoms with van der Waals surface area (Å²) in [5.41, 5.74) is -3.99. The second-order valence-electron chi connectivity index (χ2n) is 10.4. The number of amides is 1. The highest BCUT2D eigenvalue weighted by molar-refractivity contribution is 6.12. The predicted molar refractivity (Wildman–Crippen MR) is 157 cm³/mol. The Balaban J connectivity index is 1.61. The SMILES string of the molecule is O=C1N(Cc2ccccc2)c2ccc([N+](=O)[O-])cc2C12c1c(c3ccccc3oc1=O)-n1c(=O)c3ccccc3c(=O)n12. The standard InChI is InChI=1S/C32H18N4O7/c37-28-20-10-4-5-11-21(20)29(38)35-32(26-27(34(28)35)22-12-6-7-13-25(22)43-30(26)39)23-16-19(36(41)42)14-15-24(23)33(31(32)40)17-18-8-2-1-3-9-18/h1-16H,17H2. The van der Waals surface area contributed by atoms with Gasteiger partial charge in [0.1, 0.15) is 11.1 Å². The normalized spacial score (nSPS) is 16.6. The van der Waals surface area contributed by atoms with Crippen molar-refractivity contribution in [1.82, 2.24) is 9.36 Å². The summed E-state index contributed by atoms with van der Waals surface area (Å²) in [7, 11) is 0. The number of aromatic nitrogens is 2. The number of hydrogen-bond acceptors (Lipinski definition) is 7. The Morgan fingerprint density at radius 3 is 2.14 bits per heavy atom. The first-order valence-corrected chi connectivity index (χ1v) is 13.3. The maximum atomic E-state index is 15.0. The van der Waals surface area contributed by atoms with Crippen LogP contribution in [0.25, 0.3) is 27.4 Å². The van der Waals surface area contributed by atoms with E-state index in [2.05, 4.69) is 0 Å². The van der Waals surface area contributed by atoms with E-state index in [-0.39, 0.29) is 51.1 Å². The Bertz CT molecular complexity index is 2410. The molecule has 0 bridgehead atoms. The zero-order valence-corrected chi connectivity index (χ0v) is 22.1. The van der Waals surface area contributed by atoms with Gasteiger partial charge in [0.15, 0.2) is 0 Å². The smallest absolute Gasteiger partial charge is 0.345 e. The van der Waals surface area contributed by atoms with Crippen molar-refractivity contribution in [1.29, 1.82) is 0 Å². The van der Waals surface area contributed by atoms with Crippen LogP contribution in [-0.4, -0.2) is 20.2 Å². The summed E-state index contributed by atoms with van der Waals surface area (Å²) >= 11 is 0. The molecule has 1 unspecified atom stereocenters. The van der Waals surface area contributed by atoms with Gasteiger partial charge in [-0.2, -0.15) is 0 Å². The lowest BCUT2D eigenvalue weighted by atomic mass is 9.84. The van der Waals surface area contributed by atoms with Crippen LogP contribution < -0.4 is 21.6 Å². The maximum Gasteiger partial charge on any atom is 0.345 e. The van der Waals surface area contributed by atoms with Gasteiger partial charge in [-0.15, -0.1) is 0 Å². The van der Waals surface area contributed by atoms with E-state index in [0.717, 1.165) is 14.9 Å². The summed E-state index contributed by atoms with van der Waals surface area (Å²) in [6.07, 6.45) is 0. The zero-order valence-electron chi connectivity index (χ0n) is 22.1. The highest BCUT2D eigenvalue weighted by Crippen LogP contribution is 2.52. The third-order valence-electron chi connectivity index (χ3n) is 8.26. The van der Waals surface area contributed by atoms with Gasteiger partial charge in [-0.05, 0) is 35.9 Å². The fourth-order valence-electron chi connectivity index (χ4n) is 6.50. The van der Waals surface area contributed by atoms with Crippen LogP contribution in [0.1, 0.15) is 16.7 Å². The third-order valence-corrected chi connectivity index (χ3v) is 8.26. The van der Waals surface area contributed by atoms with Crippen molar-refractivity contribution >= 4 is 39.0 Å². The molecule has 1 spiro atoms. The van der Waals surface area contributed by atoms with Crippen molar-refractivity contribution in [2.24, 2.45) is 0 Å². The van der Waals surface area contributed by atoms with Crippen molar-refractivity contribution in [2.45, 2.75) is 12.1 Å². The lowest BCUT2D eigenvalue weighted by molar-refractivity contribution is -0.384. The van der Waals surface area contributed by atoms with Crippen LogP contribution >= 0.6 is 0 Å². The van der Waals surface area contributed by atoms with Gasteiger partial charge < -0.3 is 9.32 Å². The summed E-state index contributed by atoms with van der Waals surface area (Å²) in [5, 5.41) is 12.4. The van der Waals surface area contributed by atoms with Crippen LogP contribution in [0.4, 0.5) is 11.4 Å². The number of fused-ring (bicyclic) bond motifs is 10. The Labute approximate surface area is 240 Å². The number of nitrogens with zero attached hydrogens (tertiary/aromatic N) is 4. The number of carbonyl (C=O) groups is 1. The van der Waals surface area contributed by atoms with E-state index in [1.807, 2.05) is 18.2 Å². The van der Waals surface area contributed by atoms with Crippen LogP contribution in [-0.2, 0) is 16.9 Å². The number of para-hydroxylation sites is 1. The number of nitro benzene ring substituents is 1. The molecule has 0 saturated heterocycles. The molecular formula is C32H18N4O7. The molecule has 2 aromatic heterocycles. The Morgan fingerprint density at radius 1 is 0.767 bits per heavy atom. The summed E-state index contributed by atoms with van der Waals surface area (Å²) < 4.78 is 7.75. The highest BCUT2D eigenvalue weighted by Gasteiger charge is 2.62. The molecule has 0 N–H and O–H groups in total. The Kier molecular flexibility index (Phi) is 4.85. The van der Waals surface area contributed by atoms with Crippen molar-refractivity contribution < 1.29 is 14.1 Å². The fraction of sp³-hybridized carbons (Fsp3) is 0.0625. The van der Waals surface area contributed by atoms with Crippen molar-refractivity contribution in [3.05, 3.63) is 155 Å². The van der Waals surface area contributed by atoms with Gasteiger partial charge in [0.2, 0.25) is 5.54 Å². The minimum Gasteiger partial charge on any atom is -0.422 e. The molecule has 4 heterocycles. The maximum absolute atomic E-state index is 15.0. The van der Waals surface area contributed by atoms with E-state index in [1.165, 1.54) is 35.2 Å². The Morgan fingerprint density at radius 2 is 1.42 bits per heavy atom. The van der Waals surface area contributed by atoms with Gasteiger partial charge in [-0.1, -0.05) is 54.6 Å². The molecule has 6 aromatic rings. The van der Waals surface area contributed by atoms with E-state index in [4.69, 9.17) is 4.42 Å². The highest BCUT2D eigenvalue weighted by atomic mass is 16.6. The molecule has 1 amide bonds. The summed E-state index contributed by atoms with van der Waals surface area (Å²) in [6.45, 7) is 0.0348. The molecule has 4 aromatic carbocycles. The number of rotatable bonds is 3. The minimum atomic E-state index is -2.27. The number of anilines is 1. The molecule has 2 aliphatic heterocycles. The zero-order chi connectivity index (χ0) is 29.6. The van der Waals surface area contributed by atoms with E-state index < -0.39 is 33.1 Å². The molecule has 43 heavy (non-hydrogen) atoms. The molecule has 208 valence electrons. The van der Waals surface area contributed by atoms with E-state index in [0.29, 0.717) is 5.39 Å². The van der Waals surface area contributed by atoms with Crippen LogP contribution in [0, 0.1) is 10.1 Å². The number of non-ortho nitro benzene ring substituents is 1. The van der Waals surface area contributed by atoms with E-state index in [9.17, 15) is 29.3 Å². The molecule has 11 heteroatoms. The average Bonchev–Trinajstić information content (AvgIpc) is 3.47. The quantitative estimate of drug-likeness (QED) is 0.179. The van der Waals surface area contributed by atoms with Gasteiger partial charge in [-0.25, -0.2) is 14.2 Å². The van der Waals surface area contributed by atoms with E-state index in [1.54, 1.807) is 48.5 Å². The van der Waals surface area contributed by atoms with Crippen molar-refractivity contribution in [2.75, 3.05) is 4.90 Å². The molecule has 8 rings (SSSR count). The fourth-order valence-corrected chi connectivity index (χ4v) is 6.50. The Hall–Kier alpha value is -6.10. The van der Waals surface area contributed by atoms with Crippen LogP contribution in [0.5, 0.6) is 0 Å². The molecule has 0 radical (unpaired) electrons. The van der Waals surface area contributed by atoms with Crippen molar-refractivity contribution in [3.63, 3.8) is 0 Å². The van der Waals surface area contributed by atoms with Gasteiger partial charge >= 0.3 is 5.63 Å². The van der Waals surface area contributed by atoms with Crippen LogP contribution in [0.15, 0.2) is 116 Å². The summed E-state index contributed by atoms with van der Waals surface area (Å²) in [5.74, 6) is -0.723. The first-order chi connectivity index (χ1) is 20.8. The molecule has 0 aliphatic carbocycles. The topological polar surface area (TPSA) is 138 Å². The summed E-state index contributed by atoms with van der Waals surface area (Å²) in [4.78, 5) is 70.4. The second kappa shape index (κ2) is 8.46. The van der Waals surface area contributed by atoms with Gasteiger partial charge in [0, 0.05) is 23.1 Å². The van der Waals surface area contributed by atoms with Crippen LogP contribution in [0.2, 0.25) is 0 Å². The minimum absolute atomic E-state index is 0.0204. The average molecular weight is 571 g/mol. The van der Waals surface area contributed by atoms with Gasteiger partial charge in [0.05, 0.1) is 33.6 Å². The molecule has 0 fully saturated rings. The lowest BCUT2D eigenvalue weighted by Gasteiger charge is -2.26. The third kappa shape index (κ3) is 3.02. The van der Waals surface area contributed by atoms with Gasteiger partial charge in [0.25, 0.3) is 22.7 Å². The monoisotopic (exact) mass is 570 g/mol. The largest absolute Gasteiger partial charge is 0.422 e. The van der Waals surface area contributed by atoms with E-state index >= 15 is 0 Å². The molecular weight excluding hydrogens is 552 g/mol. The molecule has 0 saturated carbocycles. The number of nitro groups is 1. The number of benzene rings is 4. The molecule has 2 aliphatic rings. The summed E-state index contributed by atoms with van der Waals surface area (Å²) in [6, 6.07) is 25.6. The number of hydrogen-bond donors (Lipinski definition) is 0. The first-order valence-electron chi connectivity index (χ1n) is 13.3. The van der Waals surface area contributed by atoms with Gasteiger partial charge in [-0.3, -0.25) is 24.5 Å². The molecule has 11 nitrogen and oxygen atoms in total. The number of carbonyl (C=O) groups excluding carboxylic acids is 1. The van der Waals surface area contributed by atoms with Crippen molar-refractivity contribution in [3.8, 4) is 5.69 Å². The lowest BCUT2D eigenvalue weighted by Crippen LogP contribution is -2.53. The predicted octanol–water partition coefficient (Wildman–Crippen LogP) is 3.82. The van der Waals surface area contributed by atoms with Crippen LogP contribution in [0.3, 0.4) is 0 Å². The first kappa shape index (κ1) is 24.7. The second-order valence-corrected chi connectivity index (χ2v) is 10.4. The molecule has 1 atom stereocenters.